The number of nitrogens with zero attached hydrogens (tertiary/aromatic N) is 3. The van der Waals surface area contributed by atoms with Gasteiger partial charge in [0.2, 0.25) is 5.91 Å². The van der Waals surface area contributed by atoms with Gasteiger partial charge in [0.15, 0.2) is 0 Å². The lowest BCUT2D eigenvalue weighted by Gasteiger charge is -2.28. The summed E-state index contributed by atoms with van der Waals surface area (Å²) in [5.41, 5.74) is 1.10. The van der Waals surface area contributed by atoms with Crippen molar-refractivity contribution < 1.29 is 14.3 Å². The standard InChI is InChI=1S/C23H26N4O4/c1-30-17-11-12-21(31-2)20(13-17)24-22(28)16-9-7-15(8-10-16)14-27-23(29)18-5-3-4-6-19(18)25-26-27/h3-6,11-13,15-16H,7-10,14H2,1-2H3,(H,24,28). The van der Waals surface area contributed by atoms with E-state index in [2.05, 4.69) is 15.6 Å². The number of anilines is 1. The highest BCUT2D eigenvalue weighted by molar-refractivity contribution is 5.94. The minimum atomic E-state index is -0.115. The molecule has 8 nitrogen and oxygen atoms in total. The highest BCUT2D eigenvalue weighted by Gasteiger charge is 2.27. The lowest BCUT2D eigenvalue weighted by Crippen LogP contribution is -2.32. The molecule has 3 aromatic rings. The first-order valence-electron chi connectivity index (χ1n) is 10.4. The second-order valence-electron chi connectivity index (χ2n) is 7.87. The second-order valence-corrected chi connectivity index (χ2v) is 7.87. The van der Waals surface area contributed by atoms with Crippen molar-refractivity contribution in [3.05, 3.63) is 52.8 Å². The van der Waals surface area contributed by atoms with E-state index in [0.29, 0.717) is 40.6 Å². The zero-order valence-corrected chi connectivity index (χ0v) is 17.7. The molecule has 1 saturated carbocycles. The molecule has 0 aliphatic heterocycles. The molecule has 1 N–H and O–H groups in total. The zero-order valence-electron chi connectivity index (χ0n) is 17.7. The van der Waals surface area contributed by atoms with Crippen molar-refractivity contribution >= 4 is 22.5 Å². The number of fused-ring (bicyclic) bond motifs is 1. The molecule has 2 aromatic carbocycles. The molecule has 0 unspecified atom stereocenters. The Kier molecular flexibility index (Phi) is 6.16. The first kappa shape index (κ1) is 20.8. The van der Waals surface area contributed by atoms with E-state index in [-0.39, 0.29) is 17.4 Å². The molecule has 8 heteroatoms. The summed E-state index contributed by atoms with van der Waals surface area (Å²) >= 11 is 0. The summed E-state index contributed by atoms with van der Waals surface area (Å²) in [6.45, 7) is 0.523. The quantitative estimate of drug-likeness (QED) is 0.655. The van der Waals surface area contributed by atoms with Gasteiger partial charge in [-0.2, -0.15) is 0 Å². The van der Waals surface area contributed by atoms with E-state index in [4.69, 9.17) is 9.47 Å². The minimum Gasteiger partial charge on any atom is -0.497 e. The van der Waals surface area contributed by atoms with Gasteiger partial charge < -0.3 is 14.8 Å². The molecule has 1 aromatic heterocycles. The maximum atomic E-state index is 12.8. The van der Waals surface area contributed by atoms with Crippen LogP contribution in [-0.2, 0) is 11.3 Å². The Labute approximate surface area is 180 Å². The number of amides is 1. The van der Waals surface area contributed by atoms with Gasteiger partial charge in [0.1, 0.15) is 17.0 Å². The van der Waals surface area contributed by atoms with Crippen molar-refractivity contribution in [3.8, 4) is 11.5 Å². The van der Waals surface area contributed by atoms with Crippen LogP contribution in [0.1, 0.15) is 25.7 Å². The molecule has 162 valence electrons. The Bertz CT molecular complexity index is 1140. The van der Waals surface area contributed by atoms with Gasteiger partial charge in [0.05, 0.1) is 25.3 Å². The van der Waals surface area contributed by atoms with Crippen LogP contribution in [0.15, 0.2) is 47.3 Å². The Morgan fingerprint density at radius 1 is 1.10 bits per heavy atom. The summed E-state index contributed by atoms with van der Waals surface area (Å²) in [4.78, 5) is 25.5. The molecule has 0 atom stereocenters. The lowest BCUT2D eigenvalue weighted by molar-refractivity contribution is -0.121. The predicted molar refractivity (Wildman–Crippen MR) is 117 cm³/mol. The van der Waals surface area contributed by atoms with Crippen molar-refractivity contribution in [1.82, 2.24) is 15.0 Å². The van der Waals surface area contributed by atoms with Crippen molar-refractivity contribution in [2.75, 3.05) is 19.5 Å². The molecule has 0 radical (unpaired) electrons. The van der Waals surface area contributed by atoms with Crippen molar-refractivity contribution in [2.45, 2.75) is 32.2 Å². The van der Waals surface area contributed by atoms with Crippen molar-refractivity contribution in [3.63, 3.8) is 0 Å². The first-order valence-corrected chi connectivity index (χ1v) is 10.4. The molecule has 0 spiro atoms. The van der Waals surface area contributed by atoms with Crippen LogP contribution in [0.4, 0.5) is 5.69 Å². The first-order chi connectivity index (χ1) is 15.1. The van der Waals surface area contributed by atoms with Gasteiger partial charge in [-0.05, 0) is 55.9 Å². The molecule has 1 amide bonds. The molecule has 0 bridgehead atoms. The topological polar surface area (TPSA) is 95.3 Å². The van der Waals surface area contributed by atoms with Crippen LogP contribution in [0.2, 0.25) is 0 Å². The summed E-state index contributed by atoms with van der Waals surface area (Å²) in [6, 6.07) is 12.6. The highest BCUT2D eigenvalue weighted by Crippen LogP contribution is 2.33. The van der Waals surface area contributed by atoms with E-state index in [1.165, 1.54) is 4.68 Å². The molecular formula is C23H26N4O4. The normalized spacial score (nSPS) is 18.5. The van der Waals surface area contributed by atoms with Crippen LogP contribution < -0.4 is 20.3 Å². The fourth-order valence-corrected chi connectivity index (χ4v) is 4.14. The van der Waals surface area contributed by atoms with E-state index in [9.17, 15) is 9.59 Å². The van der Waals surface area contributed by atoms with E-state index >= 15 is 0 Å². The number of methoxy groups -OCH3 is 2. The molecule has 31 heavy (non-hydrogen) atoms. The monoisotopic (exact) mass is 422 g/mol. The average Bonchev–Trinajstić information content (AvgIpc) is 2.81. The van der Waals surface area contributed by atoms with E-state index in [1.807, 2.05) is 12.1 Å². The Morgan fingerprint density at radius 3 is 2.61 bits per heavy atom. The lowest BCUT2D eigenvalue weighted by atomic mass is 9.81. The second kappa shape index (κ2) is 9.16. The average molecular weight is 422 g/mol. The molecular weight excluding hydrogens is 396 g/mol. The number of benzene rings is 2. The fourth-order valence-electron chi connectivity index (χ4n) is 4.14. The summed E-state index contributed by atoms with van der Waals surface area (Å²) in [6.07, 6.45) is 3.24. The van der Waals surface area contributed by atoms with E-state index < -0.39 is 0 Å². The number of rotatable bonds is 6. The van der Waals surface area contributed by atoms with Crippen molar-refractivity contribution in [2.24, 2.45) is 11.8 Å². The Morgan fingerprint density at radius 2 is 1.87 bits per heavy atom. The van der Waals surface area contributed by atoms with Gasteiger partial charge in [-0.15, -0.1) is 5.10 Å². The highest BCUT2D eigenvalue weighted by atomic mass is 16.5. The third-order valence-electron chi connectivity index (χ3n) is 5.94. The number of aromatic nitrogens is 3. The van der Waals surface area contributed by atoms with Crippen LogP contribution in [0.5, 0.6) is 11.5 Å². The third kappa shape index (κ3) is 4.52. The van der Waals surface area contributed by atoms with Crippen LogP contribution in [-0.4, -0.2) is 35.1 Å². The number of carbonyl (C=O) groups excluding carboxylic acids is 1. The summed E-state index contributed by atoms with van der Waals surface area (Å²) < 4.78 is 12.0. The zero-order chi connectivity index (χ0) is 21.8. The molecule has 0 saturated heterocycles. The van der Waals surface area contributed by atoms with Crippen LogP contribution in [0, 0.1) is 11.8 Å². The fraction of sp³-hybridized carbons (Fsp3) is 0.391. The largest absolute Gasteiger partial charge is 0.497 e. The number of hydrogen-bond acceptors (Lipinski definition) is 6. The summed E-state index contributed by atoms with van der Waals surface area (Å²) in [7, 11) is 3.15. The Balaban J connectivity index is 1.37. The minimum absolute atomic E-state index is 0.0207. The van der Waals surface area contributed by atoms with E-state index in [0.717, 1.165) is 25.7 Å². The number of carbonyl (C=O) groups is 1. The smallest absolute Gasteiger partial charge is 0.277 e. The van der Waals surface area contributed by atoms with Gasteiger partial charge in [-0.25, -0.2) is 4.68 Å². The van der Waals surface area contributed by atoms with Gasteiger partial charge in [0, 0.05) is 18.5 Å². The van der Waals surface area contributed by atoms with Crippen molar-refractivity contribution in [1.29, 1.82) is 0 Å². The number of nitrogens with one attached hydrogen (secondary N) is 1. The van der Waals surface area contributed by atoms with E-state index in [1.54, 1.807) is 44.6 Å². The molecule has 1 aliphatic rings. The van der Waals surface area contributed by atoms with Gasteiger partial charge in [-0.3, -0.25) is 9.59 Å². The molecule has 4 rings (SSSR count). The van der Waals surface area contributed by atoms with Crippen LogP contribution in [0.3, 0.4) is 0 Å². The van der Waals surface area contributed by atoms with Gasteiger partial charge in [-0.1, -0.05) is 17.3 Å². The number of hydrogen-bond donors (Lipinski definition) is 1. The molecule has 1 aliphatic carbocycles. The third-order valence-corrected chi connectivity index (χ3v) is 5.94. The van der Waals surface area contributed by atoms with Crippen LogP contribution >= 0.6 is 0 Å². The van der Waals surface area contributed by atoms with Crippen LogP contribution in [0.25, 0.3) is 10.9 Å². The maximum Gasteiger partial charge on any atom is 0.277 e. The Hall–Kier alpha value is -3.42. The maximum absolute atomic E-state index is 12.8. The van der Waals surface area contributed by atoms with Gasteiger partial charge in [0.25, 0.3) is 5.56 Å². The summed E-state index contributed by atoms with van der Waals surface area (Å²) in [5.74, 6) is 1.45. The molecule has 1 heterocycles. The van der Waals surface area contributed by atoms with Gasteiger partial charge >= 0.3 is 0 Å². The number of ether oxygens (including phenoxy) is 2. The summed E-state index contributed by atoms with van der Waals surface area (Å²) in [5, 5.41) is 11.8. The SMILES string of the molecule is COc1ccc(OC)c(NC(=O)C2CCC(Cn3nnc4ccccc4c3=O)CC2)c1. The molecule has 1 fully saturated rings. The predicted octanol–water partition coefficient (Wildman–Crippen LogP) is 3.25.